The fourth-order valence-electron chi connectivity index (χ4n) is 2.22. The number of hydrogen-bond acceptors (Lipinski definition) is 3. The summed E-state index contributed by atoms with van der Waals surface area (Å²) in [5, 5.41) is 0. The molecule has 0 radical (unpaired) electrons. The molecular formula is C13H17NO2. The van der Waals surface area contributed by atoms with Crippen LogP contribution in [0.2, 0.25) is 0 Å². The van der Waals surface area contributed by atoms with Gasteiger partial charge in [0.25, 0.3) is 0 Å². The van der Waals surface area contributed by atoms with Gasteiger partial charge in [-0.25, -0.2) is 4.79 Å². The summed E-state index contributed by atoms with van der Waals surface area (Å²) in [4.78, 5) is 13.6. The Hall–Kier alpha value is -1.35. The van der Waals surface area contributed by atoms with Gasteiger partial charge in [0.2, 0.25) is 0 Å². The van der Waals surface area contributed by atoms with Gasteiger partial charge >= 0.3 is 5.97 Å². The van der Waals surface area contributed by atoms with E-state index in [1.165, 1.54) is 19.1 Å². The van der Waals surface area contributed by atoms with Gasteiger partial charge in [-0.15, -0.1) is 0 Å². The van der Waals surface area contributed by atoms with Gasteiger partial charge in [-0.3, -0.25) is 0 Å². The fraction of sp³-hybridized carbons (Fsp3) is 0.462. The third-order valence-corrected chi connectivity index (χ3v) is 3.19. The van der Waals surface area contributed by atoms with E-state index in [2.05, 4.69) is 16.7 Å². The van der Waals surface area contributed by atoms with Gasteiger partial charge in [0, 0.05) is 6.54 Å². The highest BCUT2D eigenvalue weighted by Gasteiger charge is 2.21. The van der Waals surface area contributed by atoms with Gasteiger partial charge in [0.05, 0.1) is 12.7 Å². The zero-order chi connectivity index (χ0) is 11.5. The molecule has 0 aliphatic carbocycles. The van der Waals surface area contributed by atoms with Crippen LogP contribution < -0.4 is 0 Å². The molecule has 1 aromatic carbocycles. The Morgan fingerprint density at radius 1 is 1.38 bits per heavy atom. The van der Waals surface area contributed by atoms with E-state index >= 15 is 0 Å². The molecule has 16 heavy (non-hydrogen) atoms. The van der Waals surface area contributed by atoms with Crippen LogP contribution in [-0.4, -0.2) is 38.1 Å². The second-order valence-corrected chi connectivity index (χ2v) is 4.36. The molecule has 1 saturated heterocycles. The molecule has 0 saturated carbocycles. The summed E-state index contributed by atoms with van der Waals surface area (Å²) >= 11 is 0. The largest absolute Gasteiger partial charge is 0.465 e. The van der Waals surface area contributed by atoms with Crippen LogP contribution in [0.1, 0.15) is 28.3 Å². The van der Waals surface area contributed by atoms with Crippen molar-refractivity contribution in [2.45, 2.75) is 12.3 Å². The first kappa shape index (κ1) is 11.1. The quantitative estimate of drug-likeness (QED) is 0.711. The van der Waals surface area contributed by atoms with Gasteiger partial charge in [0.1, 0.15) is 0 Å². The van der Waals surface area contributed by atoms with Crippen molar-refractivity contribution >= 4 is 5.97 Å². The molecule has 1 aliphatic rings. The fourth-order valence-corrected chi connectivity index (χ4v) is 2.22. The number of nitrogens with zero attached hydrogens (tertiary/aromatic N) is 1. The molecule has 0 aromatic heterocycles. The average molecular weight is 219 g/mol. The minimum absolute atomic E-state index is 0.268. The summed E-state index contributed by atoms with van der Waals surface area (Å²) in [6, 6.07) is 7.77. The van der Waals surface area contributed by atoms with E-state index in [9.17, 15) is 4.79 Å². The Morgan fingerprint density at radius 3 is 2.56 bits per heavy atom. The van der Waals surface area contributed by atoms with Crippen molar-refractivity contribution in [3.63, 3.8) is 0 Å². The van der Waals surface area contributed by atoms with E-state index in [0.29, 0.717) is 11.5 Å². The maximum atomic E-state index is 11.3. The molecular weight excluding hydrogens is 202 g/mol. The second kappa shape index (κ2) is 4.66. The molecule has 2 rings (SSSR count). The van der Waals surface area contributed by atoms with Crippen LogP contribution in [0.15, 0.2) is 24.3 Å². The summed E-state index contributed by atoms with van der Waals surface area (Å²) in [6.45, 7) is 2.26. The number of benzene rings is 1. The Labute approximate surface area is 96.0 Å². The van der Waals surface area contributed by atoms with Gasteiger partial charge in [-0.2, -0.15) is 0 Å². The normalized spacial score (nSPS) is 21.0. The monoisotopic (exact) mass is 219 g/mol. The molecule has 1 aliphatic heterocycles. The van der Waals surface area contributed by atoms with Gasteiger partial charge in [-0.05, 0) is 43.6 Å². The van der Waals surface area contributed by atoms with Crippen LogP contribution in [0, 0.1) is 0 Å². The number of likely N-dealkylation sites (tertiary alicyclic amines) is 1. The summed E-state index contributed by atoms with van der Waals surface area (Å²) < 4.78 is 4.67. The highest BCUT2D eigenvalue weighted by atomic mass is 16.5. The van der Waals surface area contributed by atoms with E-state index < -0.39 is 0 Å². The van der Waals surface area contributed by atoms with E-state index in [0.717, 1.165) is 13.1 Å². The molecule has 1 heterocycles. The van der Waals surface area contributed by atoms with Crippen LogP contribution in [0.5, 0.6) is 0 Å². The minimum Gasteiger partial charge on any atom is -0.465 e. The van der Waals surface area contributed by atoms with Gasteiger partial charge in [-0.1, -0.05) is 12.1 Å². The molecule has 1 fully saturated rings. The second-order valence-electron chi connectivity index (χ2n) is 4.36. The van der Waals surface area contributed by atoms with Crippen molar-refractivity contribution in [3.05, 3.63) is 35.4 Å². The zero-order valence-corrected chi connectivity index (χ0v) is 9.77. The first-order chi connectivity index (χ1) is 7.70. The number of carbonyl (C=O) groups is 1. The Kier molecular flexibility index (Phi) is 3.25. The number of esters is 1. The number of carbonyl (C=O) groups excluding carboxylic acids is 1. The number of rotatable bonds is 2. The lowest BCUT2D eigenvalue weighted by atomic mass is 9.97. The molecule has 1 unspecified atom stereocenters. The molecule has 0 N–H and O–H groups in total. The van der Waals surface area contributed by atoms with Crippen molar-refractivity contribution in [1.29, 1.82) is 0 Å². The maximum absolute atomic E-state index is 11.3. The molecule has 1 atom stereocenters. The first-order valence-corrected chi connectivity index (χ1v) is 5.57. The summed E-state index contributed by atoms with van der Waals surface area (Å²) in [5.74, 6) is 0.340. The minimum atomic E-state index is -0.268. The molecule has 3 nitrogen and oxygen atoms in total. The SMILES string of the molecule is COC(=O)c1ccc(C2CCN(C)C2)cc1. The summed E-state index contributed by atoms with van der Waals surface area (Å²) in [6.07, 6.45) is 1.20. The average Bonchev–Trinajstić information content (AvgIpc) is 2.75. The standard InChI is InChI=1S/C13H17NO2/c1-14-8-7-12(9-14)10-3-5-11(6-4-10)13(15)16-2/h3-6,12H,7-9H2,1-2H3. The highest BCUT2D eigenvalue weighted by Crippen LogP contribution is 2.26. The van der Waals surface area contributed by atoms with E-state index in [4.69, 9.17) is 0 Å². The Morgan fingerprint density at radius 2 is 2.06 bits per heavy atom. The highest BCUT2D eigenvalue weighted by molar-refractivity contribution is 5.89. The van der Waals surface area contributed by atoms with Crippen LogP contribution in [0.25, 0.3) is 0 Å². The van der Waals surface area contributed by atoms with Crippen molar-refractivity contribution in [2.24, 2.45) is 0 Å². The first-order valence-electron chi connectivity index (χ1n) is 5.57. The molecule has 3 heteroatoms. The van der Waals surface area contributed by atoms with Crippen molar-refractivity contribution in [3.8, 4) is 0 Å². The smallest absolute Gasteiger partial charge is 0.337 e. The third kappa shape index (κ3) is 2.25. The Balaban J connectivity index is 2.10. The predicted octanol–water partition coefficient (Wildman–Crippen LogP) is 1.89. The van der Waals surface area contributed by atoms with Crippen molar-refractivity contribution in [2.75, 3.05) is 27.2 Å². The topological polar surface area (TPSA) is 29.5 Å². The predicted molar refractivity (Wildman–Crippen MR) is 62.6 cm³/mol. The lowest BCUT2D eigenvalue weighted by Gasteiger charge is -2.11. The molecule has 0 spiro atoms. The van der Waals surface area contributed by atoms with Crippen LogP contribution >= 0.6 is 0 Å². The summed E-state index contributed by atoms with van der Waals surface area (Å²) in [5.41, 5.74) is 1.94. The molecule has 0 amide bonds. The summed E-state index contributed by atoms with van der Waals surface area (Å²) in [7, 11) is 3.55. The lowest BCUT2D eigenvalue weighted by Crippen LogP contribution is -2.13. The maximum Gasteiger partial charge on any atom is 0.337 e. The molecule has 86 valence electrons. The number of ether oxygens (including phenoxy) is 1. The van der Waals surface area contributed by atoms with Crippen molar-refractivity contribution < 1.29 is 9.53 Å². The molecule has 0 bridgehead atoms. The van der Waals surface area contributed by atoms with E-state index in [1.54, 1.807) is 0 Å². The Bertz CT molecular complexity index is 372. The van der Waals surface area contributed by atoms with E-state index in [1.807, 2.05) is 24.3 Å². The number of hydrogen-bond donors (Lipinski definition) is 0. The number of likely N-dealkylation sites (N-methyl/N-ethyl adjacent to an activating group) is 1. The lowest BCUT2D eigenvalue weighted by molar-refractivity contribution is 0.0600. The zero-order valence-electron chi connectivity index (χ0n) is 9.77. The van der Waals surface area contributed by atoms with Gasteiger partial charge in [0.15, 0.2) is 0 Å². The third-order valence-electron chi connectivity index (χ3n) is 3.19. The van der Waals surface area contributed by atoms with Crippen molar-refractivity contribution in [1.82, 2.24) is 4.90 Å². The van der Waals surface area contributed by atoms with Crippen LogP contribution in [-0.2, 0) is 4.74 Å². The van der Waals surface area contributed by atoms with Gasteiger partial charge < -0.3 is 9.64 Å². The molecule has 1 aromatic rings. The van der Waals surface area contributed by atoms with Crippen LogP contribution in [0.3, 0.4) is 0 Å². The number of methoxy groups -OCH3 is 1. The van der Waals surface area contributed by atoms with E-state index in [-0.39, 0.29) is 5.97 Å². The van der Waals surface area contributed by atoms with Crippen LogP contribution in [0.4, 0.5) is 0 Å².